The lowest BCUT2D eigenvalue weighted by Gasteiger charge is -2.12. The molecule has 5 nitrogen and oxygen atoms in total. The van der Waals surface area contributed by atoms with Crippen molar-refractivity contribution in [3.8, 4) is 0 Å². The lowest BCUT2D eigenvalue weighted by molar-refractivity contribution is 0.0938. The highest BCUT2D eigenvalue weighted by Crippen LogP contribution is 2.21. The smallest absolute Gasteiger partial charge is 0.255 e. The second-order valence-corrected chi connectivity index (χ2v) is 4.44. The third kappa shape index (κ3) is 2.16. The number of carbonyl (C=O) groups excluding carboxylic acids is 1. The van der Waals surface area contributed by atoms with Crippen LogP contribution >= 0.6 is 0 Å². The maximum atomic E-state index is 12.2. The topological polar surface area (TPSA) is 70.9 Å². The van der Waals surface area contributed by atoms with Gasteiger partial charge in [0.15, 0.2) is 0 Å². The maximum absolute atomic E-state index is 12.2. The van der Waals surface area contributed by atoms with Crippen molar-refractivity contribution in [2.24, 2.45) is 0 Å². The number of H-pyrrole nitrogens is 1. The van der Waals surface area contributed by atoms with Crippen molar-refractivity contribution in [2.75, 3.05) is 0 Å². The minimum absolute atomic E-state index is 0.0924. The van der Waals surface area contributed by atoms with E-state index in [1.165, 1.54) is 0 Å². The van der Waals surface area contributed by atoms with Crippen molar-refractivity contribution in [3.63, 3.8) is 0 Å². The molecular weight excluding hydrogens is 230 g/mol. The van der Waals surface area contributed by atoms with Gasteiger partial charge in [-0.2, -0.15) is 5.10 Å². The summed E-state index contributed by atoms with van der Waals surface area (Å²) in [7, 11) is 0. The number of aromatic nitrogens is 2. The van der Waals surface area contributed by atoms with E-state index in [2.05, 4.69) is 15.5 Å². The molecule has 5 heteroatoms. The van der Waals surface area contributed by atoms with Gasteiger partial charge in [0.1, 0.15) is 11.5 Å². The van der Waals surface area contributed by atoms with Crippen molar-refractivity contribution in [3.05, 3.63) is 40.6 Å². The van der Waals surface area contributed by atoms with Crippen molar-refractivity contribution in [1.29, 1.82) is 0 Å². The first-order chi connectivity index (χ1) is 8.50. The molecule has 0 fully saturated rings. The maximum Gasteiger partial charge on any atom is 0.255 e. The Morgan fingerprint density at radius 2 is 2.11 bits per heavy atom. The van der Waals surface area contributed by atoms with E-state index in [-0.39, 0.29) is 11.9 Å². The van der Waals surface area contributed by atoms with E-state index in [4.69, 9.17) is 4.42 Å². The van der Waals surface area contributed by atoms with E-state index in [1.54, 1.807) is 19.3 Å². The number of aromatic amines is 1. The Kier molecular flexibility index (Phi) is 3.23. The normalized spacial score (nSPS) is 12.4. The number of hydrogen-bond acceptors (Lipinski definition) is 3. The van der Waals surface area contributed by atoms with Gasteiger partial charge in [-0.25, -0.2) is 0 Å². The molecule has 0 aliphatic carbocycles. The molecule has 2 N–H and O–H groups in total. The molecule has 0 aliphatic rings. The summed E-state index contributed by atoms with van der Waals surface area (Å²) in [6.07, 6.45) is 3.47. The minimum atomic E-state index is -0.115. The number of nitrogens with one attached hydrogen (secondary N) is 2. The second kappa shape index (κ2) is 4.68. The SMILES string of the molecule is Cc1oc(C)c(C(=O)NC(C)c2cn[nH]c2)c1C. The largest absolute Gasteiger partial charge is 0.466 e. The summed E-state index contributed by atoms with van der Waals surface area (Å²) < 4.78 is 5.46. The van der Waals surface area contributed by atoms with Crippen LogP contribution in [-0.2, 0) is 0 Å². The quantitative estimate of drug-likeness (QED) is 0.875. The van der Waals surface area contributed by atoms with Gasteiger partial charge in [-0.3, -0.25) is 9.89 Å². The fourth-order valence-electron chi connectivity index (χ4n) is 1.98. The lowest BCUT2D eigenvalue weighted by atomic mass is 10.1. The molecule has 0 saturated heterocycles. The van der Waals surface area contributed by atoms with Crippen LogP contribution in [0.3, 0.4) is 0 Å². The summed E-state index contributed by atoms with van der Waals surface area (Å²) in [5.74, 6) is 1.33. The van der Waals surface area contributed by atoms with Crippen molar-refractivity contribution < 1.29 is 9.21 Å². The van der Waals surface area contributed by atoms with Gasteiger partial charge in [-0.05, 0) is 27.7 Å². The molecule has 1 atom stereocenters. The number of aryl methyl sites for hydroxylation is 2. The van der Waals surface area contributed by atoms with Gasteiger partial charge in [0, 0.05) is 17.3 Å². The zero-order chi connectivity index (χ0) is 13.3. The molecule has 2 aromatic heterocycles. The Morgan fingerprint density at radius 3 is 2.61 bits per heavy atom. The molecule has 0 radical (unpaired) electrons. The van der Waals surface area contributed by atoms with Gasteiger partial charge in [0.05, 0.1) is 17.8 Å². The molecule has 96 valence electrons. The van der Waals surface area contributed by atoms with Crippen LogP contribution in [-0.4, -0.2) is 16.1 Å². The van der Waals surface area contributed by atoms with Gasteiger partial charge >= 0.3 is 0 Å². The monoisotopic (exact) mass is 247 g/mol. The summed E-state index contributed by atoms with van der Waals surface area (Å²) in [6.45, 7) is 7.47. The fourth-order valence-corrected chi connectivity index (χ4v) is 1.98. The lowest BCUT2D eigenvalue weighted by Crippen LogP contribution is -2.27. The van der Waals surface area contributed by atoms with Crippen LogP contribution in [0.15, 0.2) is 16.8 Å². The average molecular weight is 247 g/mol. The molecule has 2 heterocycles. The molecule has 2 rings (SSSR count). The highest BCUT2D eigenvalue weighted by molar-refractivity contribution is 5.97. The molecule has 0 saturated carbocycles. The fraction of sp³-hybridized carbons (Fsp3) is 0.385. The third-order valence-electron chi connectivity index (χ3n) is 3.16. The Morgan fingerprint density at radius 1 is 1.39 bits per heavy atom. The van der Waals surface area contributed by atoms with Crippen LogP contribution in [0.5, 0.6) is 0 Å². The van der Waals surface area contributed by atoms with E-state index in [1.807, 2.05) is 20.8 Å². The summed E-state index contributed by atoms with van der Waals surface area (Å²) in [6, 6.07) is -0.0924. The van der Waals surface area contributed by atoms with E-state index in [0.717, 1.165) is 16.9 Å². The number of carbonyl (C=O) groups is 1. The highest BCUT2D eigenvalue weighted by Gasteiger charge is 2.20. The summed E-state index contributed by atoms with van der Waals surface area (Å²) in [4.78, 5) is 12.2. The first-order valence-corrected chi connectivity index (χ1v) is 5.86. The highest BCUT2D eigenvalue weighted by atomic mass is 16.3. The molecule has 1 unspecified atom stereocenters. The summed E-state index contributed by atoms with van der Waals surface area (Å²) in [5, 5.41) is 9.53. The molecule has 0 aliphatic heterocycles. The van der Waals surface area contributed by atoms with Crippen molar-refractivity contribution in [2.45, 2.75) is 33.7 Å². The first-order valence-electron chi connectivity index (χ1n) is 5.86. The van der Waals surface area contributed by atoms with Gasteiger partial charge in [0.2, 0.25) is 0 Å². The third-order valence-corrected chi connectivity index (χ3v) is 3.16. The van der Waals surface area contributed by atoms with Crippen molar-refractivity contribution in [1.82, 2.24) is 15.5 Å². The number of rotatable bonds is 3. The predicted octanol–water partition coefficient (Wildman–Crippen LogP) is 2.42. The molecule has 18 heavy (non-hydrogen) atoms. The number of hydrogen-bond donors (Lipinski definition) is 2. The zero-order valence-electron chi connectivity index (χ0n) is 11.0. The summed E-state index contributed by atoms with van der Waals surface area (Å²) in [5.41, 5.74) is 2.46. The Bertz CT molecular complexity index is 555. The standard InChI is InChI=1S/C13H17N3O2/c1-7-9(3)18-10(4)12(7)13(17)16-8(2)11-5-14-15-6-11/h5-6,8H,1-4H3,(H,14,15)(H,16,17). The van der Waals surface area contributed by atoms with Crippen molar-refractivity contribution >= 4 is 5.91 Å². The second-order valence-electron chi connectivity index (χ2n) is 4.44. The Hall–Kier alpha value is -2.04. The van der Waals surface area contributed by atoms with E-state index >= 15 is 0 Å². The van der Waals surface area contributed by atoms with Crippen LogP contribution in [0.4, 0.5) is 0 Å². The van der Waals surface area contributed by atoms with Gasteiger partial charge < -0.3 is 9.73 Å². The van der Waals surface area contributed by atoms with Crippen LogP contribution in [0.1, 0.15) is 46.0 Å². The average Bonchev–Trinajstić information content (AvgIpc) is 2.88. The van der Waals surface area contributed by atoms with Gasteiger partial charge in [0.25, 0.3) is 5.91 Å². The van der Waals surface area contributed by atoms with Crippen LogP contribution < -0.4 is 5.32 Å². The van der Waals surface area contributed by atoms with Gasteiger partial charge in [-0.15, -0.1) is 0 Å². The summed E-state index contributed by atoms with van der Waals surface area (Å²) >= 11 is 0. The van der Waals surface area contributed by atoms with Gasteiger partial charge in [-0.1, -0.05) is 0 Å². The molecule has 0 bridgehead atoms. The zero-order valence-corrected chi connectivity index (χ0v) is 11.0. The number of nitrogens with zero attached hydrogens (tertiary/aromatic N) is 1. The Labute approximate surface area is 106 Å². The van der Waals surface area contributed by atoms with E-state index in [9.17, 15) is 4.79 Å². The molecular formula is C13H17N3O2. The van der Waals surface area contributed by atoms with E-state index in [0.29, 0.717) is 11.3 Å². The van der Waals surface area contributed by atoms with Crippen LogP contribution in [0.2, 0.25) is 0 Å². The predicted molar refractivity (Wildman–Crippen MR) is 67.4 cm³/mol. The number of furan rings is 1. The molecule has 0 aromatic carbocycles. The molecule has 0 spiro atoms. The Balaban J connectivity index is 2.17. The molecule has 1 amide bonds. The number of amides is 1. The first kappa shape index (κ1) is 12.4. The minimum Gasteiger partial charge on any atom is -0.466 e. The van der Waals surface area contributed by atoms with Crippen LogP contribution in [0, 0.1) is 20.8 Å². The van der Waals surface area contributed by atoms with E-state index < -0.39 is 0 Å². The van der Waals surface area contributed by atoms with Crippen LogP contribution in [0.25, 0.3) is 0 Å². The molecule has 2 aromatic rings.